The zero-order chi connectivity index (χ0) is 14.8. The maximum atomic E-state index is 11.3. The van der Waals surface area contributed by atoms with Crippen LogP contribution in [0.25, 0.3) is 0 Å². The van der Waals surface area contributed by atoms with E-state index in [9.17, 15) is 9.90 Å². The molecule has 1 heterocycles. The van der Waals surface area contributed by atoms with Gasteiger partial charge in [-0.25, -0.2) is 0 Å². The Balaban J connectivity index is 2.20. The van der Waals surface area contributed by atoms with Crippen LogP contribution in [0.1, 0.15) is 38.2 Å². The van der Waals surface area contributed by atoms with Crippen molar-refractivity contribution in [1.29, 1.82) is 5.26 Å². The number of hydrogen-bond donors (Lipinski definition) is 1. The predicted octanol–water partition coefficient (Wildman–Crippen LogP) is 3.00. The summed E-state index contributed by atoms with van der Waals surface area (Å²) in [6.07, 6.45) is 1.40. The van der Waals surface area contributed by atoms with Gasteiger partial charge in [-0.3, -0.25) is 4.79 Å². The highest BCUT2D eigenvalue weighted by Crippen LogP contribution is 2.36. The molecule has 1 aromatic carbocycles. The minimum absolute atomic E-state index is 0.349. The van der Waals surface area contributed by atoms with Gasteiger partial charge in [-0.1, -0.05) is 18.2 Å². The average molecular weight is 272 g/mol. The van der Waals surface area contributed by atoms with Crippen molar-refractivity contribution in [3.8, 4) is 6.07 Å². The van der Waals surface area contributed by atoms with E-state index in [1.807, 2.05) is 38.1 Å². The zero-order valence-corrected chi connectivity index (χ0v) is 12.0. The number of carbonyl (C=O) groups is 1. The van der Waals surface area contributed by atoms with E-state index in [-0.39, 0.29) is 5.41 Å². The van der Waals surface area contributed by atoms with Crippen molar-refractivity contribution in [2.24, 2.45) is 5.41 Å². The Hall–Kier alpha value is -2.02. The highest BCUT2D eigenvalue weighted by atomic mass is 16.4. The molecule has 1 aliphatic heterocycles. The lowest BCUT2D eigenvalue weighted by molar-refractivity contribution is -0.139. The first-order valence-electron chi connectivity index (χ1n) is 6.92. The monoisotopic (exact) mass is 272 g/mol. The molecule has 0 saturated heterocycles. The summed E-state index contributed by atoms with van der Waals surface area (Å²) in [6, 6.07) is 10.0. The van der Waals surface area contributed by atoms with E-state index < -0.39 is 11.9 Å². The number of rotatable bonds is 4. The summed E-state index contributed by atoms with van der Waals surface area (Å²) in [5.74, 6) is -1.17. The number of anilines is 1. The molecule has 1 aliphatic rings. The van der Waals surface area contributed by atoms with Gasteiger partial charge in [0.05, 0.1) is 17.4 Å². The van der Waals surface area contributed by atoms with Gasteiger partial charge in [0.2, 0.25) is 0 Å². The van der Waals surface area contributed by atoms with E-state index in [1.54, 1.807) is 0 Å². The molecule has 0 bridgehead atoms. The summed E-state index contributed by atoms with van der Waals surface area (Å²) in [4.78, 5) is 13.5. The Kier molecular flexibility index (Phi) is 3.99. The van der Waals surface area contributed by atoms with Crippen LogP contribution >= 0.6 is 0 Å². The quantitative estimate of drug-likeness (QED) is 0.915. The summed E-state index contributed by atoms with van der Waals surface area (Å²) < 4.78 is 0. The molecule has 1 N–H and O–H groups in total. The standard InChI is InChI=1S/C16H20N2O2/c1-16(2,11-17)8-10-18-9-7-13(15(19)20)12-5-3-4-6-14(12)18/h3-6,13H,7-10H2,1-2H3,(H,19,20). The van der Waals surface area contributed by atoms with Crippen LogP contribution in [0.2, 0.25) is 0 Å². The van der Waals surface area contributed by atoms with Crippen LogP contribution < -0.4 is 4.90 Å². The normalized spacial score (nSPS) is 18.2. The Labute approximate surface area is 119 Å². The lowest BCUT2D eigenvalue weighted by Crippen LogP contribution is -2.35. The fourth-order valence-electron chi connectivity index (χ4n) is 2.59. The molecule has 1 atom stereocenters. The Bertz CT molecular complexity index is 546. The Morgan fingerprint density at radius 2 is 2.20 bits per heavy atom. The third kappa shape index (κ3) is 2.93. The molecule has 0 saturated carbocycles. The molecule has 1 aromatic rings. The zero-order valence-electron chi connectivity index (χ0n) is 12.0. The van der Waals surface area contributed by atoms with Crippen molar-refractivity contribution in [2.75, 3.05) is 18.0 Å². The number of nitrogens with zero attached hydrogens (tertiary/aromatic N) is 2. The first-order valence-corrected chi connectivity index (χ1v) is 6.92. The van der Waals surface area contributed by atoms with Crippen LogP contribution in [0.5, 0.6) is 0 Å². The SMILES string of the molecule is CC(C)(C#N)CCN1CCC(C(=O)O)c2ccccc21. The molecule has 20 heavy (non-hydrogen) atoms. The molecule has 0 radical (unpaired) electrons. The van der Waals surface area contributed by atoms with Crippen LogP contribution in [-0.2, 0) is 4.79 Å². The van der Waals surface area contributed by atoms with Gasteiger partial charge >= 0.3 is 5.97 Å². The average Bonchev–Trinajstić information content (AvgIpc) is 2.44. The number of carboxylic acid groups (broad SMARTS) is 1. The van der Waals surface area contributed by atoms with Gasteiger partial charge in [-0.2, -0.15) is 5.26 Å². The number of nitriles is 1. The number of para-hydroxylation sites is 1. The van der Waals surface area contributed by atoms with E-state index in [1.165, 1.54) is 0 Å². The van der Waals surface area contributed by atoms with Crippen molar-refractivity contribution in [3.05, 3.63) is 29.8 Å². The minimum atomic E-state index is -0.755. The molecule has 0 fully saturated rings. The summed E-state index contributed by atoms with van der Waals surface area (Å²) in [5.41, 5.74) is 1.54. The minimum Gasteiger partial charge on any atom is -0.481 e. The van der Waals surface area contributed by atoms with Crippen molar-refractivity contribution in [3.63, 3.8) is 0 Å². The molecular formula is C16H20N2O2. The van der Waals surface area contributed by atoms with Crippen molar-refractivity contribution in [2.45, 2.75) is 32.6 Å². The van der Waals surface area contributed by atoms with E-state index >= 15 is 0 Å². The van der Waals surface area contributed by atoms with Crippen LogP contribution in [0.4, 0.5) is 5.69 Å². The summed E-state index contributed by atoms with van der Waals surface area (Å²) in [7, 11) is 0. The van der Waals surface area contributed by atoms with E-state index in [4.69, 9.17) is 5.26 Å². The second-order valence-electron chi connectivity index (χ2n) is 5.97. The van der Waals surface area contributed by atoms with Gasteiger partial charge in [-0.15, -0.1) is 0 Å². The van der Waals surface area contributed by atoms with Gasteiger partial charge in [-0.05, 0) is 38.3 Å². The topological polar surface area (TPSA) is 64.3 Å². The molecular weight excluding hydrogens is 252 g/mol. The lowest BCUT2D eigenvalue weighted by atomic mass is 9.88. The van der Waals surface area contributed by atoms with Crippen molar-refractivity contribution < 1.29 is 9.90 Å². The maximum Gasteiger partial charge on any atom is 0.311 e. The first-order chi connectivity index (χ1) is 9.44. The lowest BCUT2D eigenvalue weighted by Gasteiger charge is -2.35. The molecule has 0 amide bonds. The number of benzene rings is 1. The fraction of sp³-hybridized carbons (Fsp3) is 0.500. The number of fused-ring (bicyclic) bond motifs is 1. The van der Waals surface area contributed by atoms with Crippen LogP contribution in [0.15, 0.2) is 24.3 Å². The first kappa shape index (κ1) is 14.4. The summed E-state index contributed by atoms with van der Waals surface area (Å²) in [6.45, 7) is 5.38. The van der Waals surface area contributed by atoms with Gasteiger partial charge in [0.15, 0.2) is 0 Å². The molecule has 4 heteroatoms. The van der Waals surface area contributed by atoms with Gasteiger partial charge in [0.1, 0.15) is 0 Å². The maximum absolute atomic E-state index is 11.3. The smallest absolute Gasteiger partial charge is 0.311 e. The van der Waals surface area contributed by atoms with Crippen LogP contribution in [-0.4, -0.2) is 24.2 Å². The van der Waals surface area contributed by atoms with Crippen molar-refractivity contribution >= 4 is 11.7 Å². The molecule has 106 valence electrons. The third-order valence-electron chi connectivity index (χ3n) is 3.95. The predicted molar refractivity (Wildman–Crippen MR) is 77.7 cm³/mol. The molecule has 4 nitrogen and oxygen atoms in total. The molecule has 0 aromatic heterocycles. The van der Waals surface area contributed by atoms with E-state index in [2.05, 4.69) is 11.0 Å². The molecule has 0 aliphatic carbocycles. The molecule has 0 spiro atoms. The number of carboxylic acids is 1. The second-order valence-corrected chi connectivity index (χ2v) is 5.97. The fourth-order valence-corrected chi connectivity index (χ4v) is 2.59. The third-order valence-corrected chi connectivity index (χ3v) is 3.95. The van der Waals surface area contributed by atoms with E-state index in [0.717, 1.165) is 30.8 Å². The van der Waals surface area contributed by atoms with Crippen LogP contribution in [0, 0.1) is 16.7 Å². The largest absolute Gasteiger partial charge is 0.481 e. The Morgan fingerprint density at radius 1 is 1.50 bits per heavy atom. The summed E-state index contributed by atoms with van der Waals surface area (Å²) in [5, 5.41) is 18.4. The van der Waals surface area contributed by atoms with Gasteiger partial charge in [0, 0.05) is 18.8 Å². The highest BCUT2D eigenvalue weighted by molar-refractivity contribution is 5.80. The Morgan fingerprint density at radius 3 is 2.85 bits per heavy atom. The van der Waals surface area contributed by atoms with Gasteiger partial charge in [0.25, 0.3) is 0 Å². The van der Waals surface area contributed by atoms with E-state index in [0.29, 0.717) is 6.42 Å². The number of aliphatic carboxylic acids is 1. The highest BCUT2D eigenvalue weighted by Gasteiger charge is 2.30. The number of hydrogen-bond acceptors (Lipinski definition) is 3. The summed E-state index contributed by atoms with van der Waals surface area (Å²) >= 11 is 0. The van der Waals surface area contributed by atoms with Crippen LogP contribution in [0.3, 0.4) is 0 Å². The van der Waals surface area contributed by atoms with Crippen molar-refractivity contribution in [1.82, 2.24) is 0 Å². The second kappa shape index (κ2) is 5.54. The molecule has 2 rings (SSSR count). The molecule has 1 unspecified atom stereocenters. The van der Waals surface area contributed by atoms with Gasteiger partial charge < -0.3 is 10.0 Å².